The first-order valence-electron chi connectivity index (χ1n) is 11.5. The quantitative estimate of drug-likeness (QED) is 0.317. The summed E-state index contributed by atoms with van der Waals surface area (Å²) in [5.74, 6) is 0.365. The van der Waals surface area contributed by atoms with E-state index in [0.717, 1.165) is 35.0 Å². The molecule has 2 aromatic carbocycles. The fourth-order valence-electron chi connectivity index (χ4n) is 4.38. The van der Waals surface area contributed by atoms with Crippen molar-refractivity contribution in [1.29, 1.82) is 0 Å². The number of nitrogens with one attached hydrogen (secondary N) is 1. The Morgan fingerprint density at radius 2 is 1.95 bits per heavy atom. The average molecular weight is 594 g/mol. The van der Waals surface area contributed by atoms with Crippen LogP contribution in [0.1, 0.15) is 24.0 Å². The lowest BCUT2D eigenvalue weighted by Gasteiger charge is -2.33. The molecule has 0 spiro atoms. The lowest BCUT2D eigenvalue weighted by atomic mass is 9.97. The maximum absolute atomic E-state index is 12.9. The van der Waals surface area contributed by atoms with E-state index in [1.54, 1.807) is 6.20 Å². The number of carbonyl (C=O) groups excluding carboxylic acids is 1. The van der Waals surface area contributed by atoms with Crippen LogP contribution in [0.2, 0.25) is 5.02 Å². The molecule has 12 heteroatoms. The molecule has 1 unspecified atom stereocenters. The monoisotopic (exact) mass is 592 g/mol. The minimum absolute atomic E-state index is 0.0468. The van der Waals surface area contributed by atoms with Gasteiger partial charge in [-0.2, -0.15) is 13.2 Å². The molecule has 0 saturated carbocycles. The van der Waals surface area contributed by atoms with Gasteiger partial charge in [-0.1, -0.05) is 17.7 Å². The van der Waals surface area contributed by atoms with Gasteiger partial charge < -0.3 is 10.2 Å². The third-order valence-electron chi connectivity index (χ3n) is 6.30. The van der Waals surface area contributed by atoms with Gasteiger partial charge in [0.05, 0.1) is 27.6 Å². The second-order valence-electron chi connectivity index (χ2n) is 8.80. The summed E-state index contributed by atoms with van der Waals surface area (Å²) >= 11 is 9.51. The molecule has 1 aliphatic heterocycles. The standard InChI is InChI=1S/C25H21BrClF3N6O/c26-20-8-3-15(10-21(20)27)11-31-24(37)16-2-1-9-35(12-16)23-19-13-36(34-22(19)32-14-33-23)18-6-4-17(5-7-18)25(28,29)30/h3-8,10,13-14,16H,1-2,9,11-12H2,(H,31,37). The maximum Gasteiger partial charge on any atom is 0.416 e. The van der Waals surface area contributed by atoms with Crippen molar-refractivity contribution in [2.24, 2.45) is 5.92 Å². The molecular weight excluding hydrogens is 573 g/mol. The Bertz CT molecular complexity index is 1440. The molecule has 1 amide bonds. The van der Waals surface area contributed by atoms with E-state index >= 15 is 0 Å². The normalized spacial score (nSPS) is 16.2. The number of fused-ring (bicyclic) bond motifs is 1. The van der Waals surface area contributed by atoms with Gasteiger partial charge in [0.1, 0.15) is 12.1 Å². The van der Waals surface area contributed by atoms with E-state index < -0.39 is 11.7 Å². The van der Waals surface area contributed by atoms with E-state index in [9.17, 15) is 18.0 Å². The van der Waals surface area contributed by atoms with Crippen LogP contribution in [0.5, 0.6) is 0 Å². The maximum atomic E-state index is 12.9. The lowest BCUT2D eigenvalue weighted by molar-refractivity contribution is -0.137. The van der Waals surface area contributed by atoms with Crippen LogP contribution in [0.25, 0.3) is 16.7 Å². The van der Waals surface area contributed by atoms with Crippen molar-refractivity contribution in [3.05, 3.63) is 75.6 Å². The fourth-order valence-corrected chi connectivity index (χ4v) is 4.83. The number of carbonyl (C=O) groups is 1. The molecule has 1 fully saturated rings. The second kappa shape index (κ2) is 10.3. The number of hydrogen-bond donors (Lipinski definition) is 1. The molecular formula is C25H21BrClF3N6O. The zero-order chi connectivity index (χ0) is 26.2. The number of halogens is 5. The van der Waals surface area contributed by atoms with Gasteiger partial charge in [-0.15, -0.1) is 5.10 Å². The van der Waals surface area contributed by atoms with E-state index in [1.807, 2.05) is 23.1 Å². The summed E-state index contributed by atoms with van der Waals surface area (Å²) in [4.78, 5) is 23.7. The summed E-state index contributed by atoms with van der Waals surface area (Å²) in [5.41, 5.74) is 1.07. The van der Waals surface area contributed by atoms with Gasteiger partial charge in [-0.25, -0.2) is 14.6 Å². The highest BCUT2D eigenvalue weighted by Gasteiger charge is 2.30. The summed E-state index contributed by atoms with van der Waals surface area (Å²) < 4.78 is 41.0. The molecule has 1 saturated heterocycles. The third kappa shape index (κ3) is 5.57. The Labute approximate surface area is 223 Å². The van der Waals surface area contributed by atoms with Crippen molar-refractivity contribution in [1.82, 2.24) is 25.1 Å². The van der Waals surface area contributed by atoms with Crippen LogP contribution < -0.4 is 10.2 Å². The van der Waals surface area contributed by atoms with Crippen LogP contribution in [-0.4, -0.2) is 38.7 Å². The van der Waals surface area contributed by atoms with Gasteiger partial charge in [-0.3, -0.25) is 4.79 Å². The zero-order valence-corrected chi connectivity index (χ0v) is 21.7. The van der Waals surface area contributed by atoms with E-state index in [0.29, 0.717) is 47.2 Å². The van der Waals surface area contributed by atoms with E-state index in [2.05, 4.69) is 36.3 Å². The third-order valence-corrected chi connectivity index (χ3v) is 7.53. The van der Waals surface area contributed by atoms with Crippen LogP contribution in [0.15, 0.2) is 59.5 Å². The number of amides is 1. The summed E-state index contributed by atoms with van der Waals surface area (Å²) in [5, 5.41) is 8.67. The molecule has 7 nitrogen and oxygen atoms in total. The molecule has 4 aromatic rings. The fraction of sp³-hybridized carbons (Fsp3) is 0.280. The van der Waals surface area contributed by atoms with Gasteiger partial charge in [-0.05, 0) is 70.7 Å². The number of rotatable bonds is 5. The first kappa shape index (κ1) is 25.5. The molecule has 192 valence electrons. The highest BCUT2D eigenvalue weighted by Crippen LogP contribution is 2.31. The van der Waals surface area contributed by atoms with Gasteiger partial charge in [0, 0.05) is 30.3 Å². The molecule has 0 radical (unpaired) electrons. The SMILES string of the molecule is O=C(NCc1ccc(Br)c(Cl)c1)C1CCCN(c2ncnc3nn(-c4ccc(C(F)(F)F)cc4)cc23)C1. The zero-order valence-electron chi connectivity index (χ0n) is 19.3. The topological polar surface area (TPSA) is 75.9 Å². The molecule has 1 aliphatic rings. The van der Waals surface area contributed by atoms with Crippen LogP contribution in [0.4, 0.5) is 19.0 Å². The first-order valence-corrected chi connectivity index (χ1v) is 12.7. The second-order valence-corrected chi connectivity index (χ2v) is 10.1. The average Bonchev–Trinajstić information content (AvgIpc) is 3.33. The molecule has 3 heterocycles. The largest absolute Gasteiger partial charge is 0.416 e. The minimum atomic E-state index is -4.41. The Morgan fingerprint density at radius 1 is 1.16 bits per heavy atom. The molecule has 1 atom stereocenters. The summed E-state index contributed by atoms with van der Waals surface area (Å²) in [7, 11) is 0. The van der Waals surface area contributed by atoms with Gasteiger partial charge in [0.2, 0.25) is 5.91 Å². The van der Waals surface area contributed by atoms with Gasteiger partial charge in [0.25, 0.3) is 0 Å². The number of anilines is 1. The predicted molar refractivity (Wildman–Crippen MR) is 138 cm³/mol. The Morgan fingerprint density at radius 3 is 2.68 bits per heavy atom. The van der Waals surface area contributed by atoms with E-state index in [4.69, 9.17) is 11.6 Å². The lowest BCUT2D eigenvalue weighted by Crippen LogP contribution is -2.43. The highest BCUT2D eigenvalue weighted by molar-refractivity contribution is 9.10. The molecule has 0 bridgehead atoms. The summed E-state index contributed by atoms with van der Waals surface area (Å²) in [6.45, 7) is 1.56. The van der Waals surface area contributed by atoms with E-state index in [1.165, 1.54) is 23.1 Å². The number of alkyl halides is 3. The van der Waals surface area contributed by atoms with Crippen molar-refractivity contribution < 1.29 is 18.0 Å². The van der Waals surface area contributed by atoms with Crippen molar-refractivity contribution in [3.63, 3.8) is 0 Å². The van der Waals surface area contributed by atoms with Crippen LogP contribution >= 0.6 is 27.5 Å². The number of hydrogen-bond acceptors (Lipinski definition) is 5. The highest BCUT2D eigenvalue weighted by atomic mass is 79.9. The number of aromatic nitrogens is 4. The summed E-state index contributed by atoms with van der Waals surface area (Å²) in [6.07, 6.45) is 0.258. The number of benzene rings is 2. The van der Waals surface area contributed by atoms with Crippen LogP contribution in [0.3, 0.4) is 0 Å². The van der Waals surface area contributed by atoms with Gasteiger partial charge in [0.15, 0.2) is 5.65 Å². The van der Waals surface area contributed by atoms with Crippen LogP contribution in [0, 0.1) is 5.92 Å². The van der Waals surface area contributed by atoms with E-state index in [-0.39, 0.29) is 11.8 Å². The summed E-state index contributed by atoms with van der Waals surface area (Å²) in [6, 6.07) is 10.3. The van der Waals surface area contributed by atoms with Crippen molar-refractivity contribution in [3.8, 4) is 5.69 Å². The minimum Gasteiger partial charge on any atom is -0.355 e. The Balaban J connectivity index is 1.32. The Hall–Kier alpha value is -3.18. The first-order chi connectivity index (χ1) is 17.7. The number of nitrogens with zero attached hydrogens (tertiary/aromatic N) is 5. The molecule has 2 aromatic heterocycles. The van der Waals surface area contributed by atoms with Crippen molar-refractivity contribution >= 4 is 50.3 Å². The smallest absolute Gasteiger partial charge is 0.355 e. The predicted octanol–water partition coefficient (Wildman–Crippen LogP) is 5.78. The molecule has 5 rings (SSSR count). The molecule has 1 N–H and O–H groups in total. The molecule has 37 heavy (non-hydrogen) atoms. The van der Waals surface area contributed by atoms with Crippen molar-refractivity contribution in [2.75, 3.05) is 18.0 Å². The Kier molecular flexibility index (Phi) is 7.09. The molecule has 0 aliphatic carbocycles. The number of piperidine rings is 1. The van der Waals surface area contributed by atoms with Crippen molar-refractivity contribution in [2.45, 2.75) is 25.6 Å². The van der Waals surface area contributed by atoms with Gasteiger partial charge >= 0.3 is 6.18 Å². The van der Waals surface area contributed by atoms with Crippen LogP contribution in [-0.2, 0) is 17.5 Å².